The maximum Gasteiger partial charge on any atom is 0.0407 e. The quantitative estimate of drug-likeness (QED) is 0.622. The van der Waals surface area contributed by atoms with E-state index < -0.39 is 0 Å². The predicted octanol–water partition coefficient (Wildman–Crippen LogP) is 5.61. The molecule has 0 saturated carbocycles. The number of rotatable bonds is 6. The van der Waals surface area contributed by atoms with Crippen molar-refractivity contribution in [1.82, 2.24) is 0 Å². The first-order valence-electron chi connectivity index (χ1n) is 7.89. The van der Waals surface area contributed by atoms with E-state index in [-0.39, 0.29) is 0 Å². The highest BCUT2D eigenvalue weighted by Gasteiger charge is 2.11. The summed E-state index contributed by atoms with van der Waals surface area (Å²) in [5.74, 6) is 0. The minimum atomic E-state index is 0.334. The molecule has 2 heteroatoms. The Morgan fingerprint density at radius 1 is 0.652 bits per heavy atom. The van der Waals surface area contributed by atoms with Gasteiger partial charge < -0.3 is 5.32 Å². The molecule has 3 aromatic rings. The van der Waals surface area contributed by atoms with Crippen molar-refractivity contribution in [3.8, 4) is 0 Å². The Hall–Kier alpha value is -2.25. The van der Waals surface area contributed by atoms with Gasteiger partial charge in [-0.3, -0.25) is 0 Å². The molecule has 3 aromatic carbocycles. The molecule has 0 spiro atoms. The number of anilines is 1. The van der Waals surface area contributed by atoms with Crippen LogP contribution < -0.4 is 5.32 Å². The van der Waals surface area contributed by atoms with Gasteiger partial charge in [-0.15, -0.1) is 0 Å². The molecule has 3 rings (SSSR count). The van der Waals surface area contributed by atoms with Crippen LogP contribution in [0.1, 0.15) is 11.1 Å². The molecule has 0 radical (unpaired) electrons. The Labute approximate surface area is 142 Å². The summed E-state index contributed by atoms with van der Waals surface area (Å²) >= 11 is 5.98. The van der Waals surface area contributed by atoms with E-state index in [0.717, 1.165) is 23.6 Å². The van der Waals surface area contributed by atoms with Crippen molar-refractivity contribution in [2.75, 3.05) is 5.32 Å². The zero-order chi connectivity index (χ0) is 15.9. The molecule has 0 aromatic heterocycles. The molecule has 0 unspecified atom stereocenters. The lowest BCUT2D eigenvalue weighted by Crippen LogP contribution is -2.25. The summed E-state index contributed by atoms with van der Waals surface area (Å²) in [4.78, 5) is 0. The van der Waals surface area contributed by atoms with Crippen molar-refractivity contribution >= 4 is 17.3 Å². The van der Waals surface area contributed by atoms with Gasteiger partial charge in [-0.2, -0.15) is 0 Å². The van der Waals surface area contributed by atoms with Crippen molar-refractivity contribution in [2.24, 2.45) is 0 Å². The lowest BCUT2D eigenvalue weighted by molar-refractivity contribution is 0.710. The summed E-state index contributed by atoms with van der Waals surface area (Å²) in [6.45, 7) is 0. The van der Waals surface area contributed by atoms with E-state index in [2.05, 4.69) is 66.0 Å². The molecule has 0 heterocycles. The largest absolute Gasteiger partial charge is 0.382 e. The number of nitrogens with one attached hydrogen (secondary N) is 1. The Balaban J connectivity index is 1.76. The summed E-state index contributed by atoms with van der Waals surface area (Å²) in [5.41, 5.74) is 3.79. The molecule has 23 heavy (non-hydrogen) atoms. The topological polar surface area (TPSA) is 12.0 Å². The highest BCUT2D eigenvalue weighted by Crippen LogP contribution is 2.18. The number of hydrogen-bond donors (Lipinski definition) is 1. The first kappa shape index (κ1) is 15.6. The van der Waals surface area contributed by atoms with E-state index >= 15 is 0 Å². The zero-order valence-electron chi connectivity index (χ0n) is 13.0. The minimum Gasteiger partial charge on any atom is -0.382 e. The van der Waals surface area contributed by atoms with Crippen LogP contribution in [0.2, 0.25) is 5.02 Å². The summed E-state index contributed by atoms with van der Waals surface area (Å²) in [7, 11) is 0. The lowest BCUT2D eigenvalue weighted by atomic mass is 9.98. The number of benzene rings is 3. The molecular formula is C21H20ClN. The smallest absolute Gasteiger partial charge is 0.0407 e. The van der Waals surface area contributed by atoms with Crippen LogP contribution in [0.15, 0.2) is 84.9 Å². The van der Waals surface area contributed by atoms with E-state index in [1.54, 1.807) is 0 Å². The average Bonchev–Trinajstić information content (AvgIpc) is 2.59. The second-order valence-corrected chi connectivity index (χ2v) is 6.16. The Kier molecular flexibility index (Phi) is 5.33. The standard InChI is InChI=1S/C21H20ClN/c22-19-11-13-20(14-12-19)23-21(15-17-7-3-1-4-8-17)16-18-9-5-2-6-10-18/h1-14,21,23H,15-16H2. The lowest BCUT2D eigenvalue weighted by Gasteiger charge is -2.20. The van der Waals surface area contributed by atoms with Gasteiger partial charge in [-0.05, 0) is 48.2 Å². The fourth-order valence-corrected chi connectivity index (χ4v) is 2.88. The first-order chi connectivity index (χ1) is 11.3. The summed E-state index contributed by atoms with van der Waals surface area (Å²) in [6.07, 6.45) is 1.97. The van der Waals surface area contributed by atoms with E-state index in [9.17, 15) is 0 Å². The molecule has 0 aliphatic rings. The second-order valence-electron chi connectivity index (χ2n) is 5.73. The SMILES string of the molecule is Clc1ccc(NC(Cc2ccccc2)Cc2ccccc2)cc1. The van der Waals surface area contributed by atoms with Gasteiger partial charge >= 0.3 is 0 Å². The van der Waals surface area contributed by atoms with Crippen LogP contribution in [0.4, 0.5) is 5.69 Å². The van der Waals surface area contributed by atoms with Crippen molar-refractivity contribution in [1.29, 1.82) is 0 Å². The summed E-state index contributed by atoms with van der Waals surface area (Å²) < 4.78 is 0. The van der Waals surface area contributed by atoms with Gasteiger partial charge in [0.25, 0.3) is 0 Å². The molecule has 1 nitrogen and oxygen atoms in total. The van der Waals surface area contributed by atoms with Crippen molar-refractivity contribution in [3.05, 3.63) is 101 Å². The van der Waals surface area contributed by atoms with Gasteiger partial charge in [-0.25, -0.2) is 0 Å². The average molecular weight is 322 g/mol. The normalized spacial score (nSPS) is 10.7. The van der Waals surface area contributed by atoms with Gasteiger partial charge in [0.2, 0.25) is 0 Å². The highest BCUT2D eigenvalue weighted by atomic mass is 35.5. The molecule has 0 saturated heterocycles. The van der Waals surface area contributed by atoms with Crippen molar-refractivity contribution in [3.63, 3.8) is 0 Å². The predicted molar refractivity (Wildman–Crippen MR) is 99.2 cm³/mol. The van der Waals surface area contributed by atoms with Crippen LogP contribution in [0.3, 0.4) is 0 Å². The molecule has 0 aliphatic carbocycles. The van der Waals surface area contributed by atoms with E-state index in [0.29, 0.717) is 6.04 Å². The molecule has 0 bridgehead atoms. The van der Waals surface area contributed by atoms with Crippen LogP contribution in [-0.4, -0.2) is 6.04 Å². The fraction of sp³-hybridized carbons (Fsp3) is 0.143. The maximum atomic E-state index is 5.98. The van der Waals surface area contributed by atoms with Gasteiger partial charge in [-0.1, -0.05) is 72.3 Å². The Morgan fingerprint density at radius 3 is 1.61 bits per heavy atom. The zero-order valence-corrected chi connectivity index (χ0v) is 13.7. The molecule has 0 atom stereocenters. The van der Waals surface area contributed by atoms with Crippen LogP contribution in [0.5, 0.6) is 0 Å². The van der Waals surface area contributed by atoms with Crippen LogP contribution >= 0.6 is 11.6 Å². The first-order valence-corrected chi connectivity index (χ1v) is 8.27. The third-order valence-corrected chi connectivity index (χ3v) is 4.12. The molecule has 0 amide bonds. The fourth-order valence-electron chi connectivity index (χ4n) is 2.75. The highest BCUT2D eigenvalue weighted by molar-refractivity contribution is 6.30. The van der Waals surface area contributed by atoms with Crippen molar-refractivity contribution in [2.45, 2.75) is 18.9 Å². The third kappa shape index (κ3) is 4.87. The maximum absolute atomic E-state index is 5.98. The van der Waals surface area contributed by atoms with Crippen LogP contribution in [0, 0.1) is 0 Å². The summed E-state index contributed by atoms with van der Waals surface area (Å²) in [6, 6.07) is 29.5. The summed E-state index contributed by atoms with van der Waals surface area (Å²) in [5, 5.41) is 4.41. The van der Waals surface area contributed by atoms with E-state index in [1.807, 2.05) is 24.3 Å². The Morgan fingerprint density at radius 2 is 1.13 bits per heavy atom. The monoisotopic (exact) mass is 321 g/mol. The second kappa shape index (κ2) is 7.85. The van der Waals surface area contributed by atoms with E-state index in [4.69, 9.17) is 11.6 Å². The Bertz CT molecular complexity index is 666. The molecular weight excluding hydrogens is 302 g/mol. The van der Waals surface area contributed by atoms with Gasteiger partial charge in [0.15, 0.2) is 0 Å². The molecule has 116 valence electrons. The minimum absolute atomic E-state index is 0.334. The van der Waals surface area contributed by atoms with Crippen LogP contribution in [0.25, 0.3) is 0 Å². The van der Waals surface area contributed by atoms with Crippen molar-refractivity contribution < 1.29 is 0 Å². The van der Waals surface area contributed by atoms with Gasteiger partial charge in [0.1, 0.15) is 0 Å². The molecule has 0 fully saturated rings. The molecule has 0 aliphatic heterocycles. The van der Waals surface area contributed by atoms with E-state index in [1.165, 1.54) is 11.1 Å². The number of halogens is 1. The molecule has 1 N–H and O–H groups in total. The number of hydrogen-bond acceptors (Lipinski definition) is 1. The van der Waals surface area contributed by atoms with Gasteiger partial charge in [0.05, 0.1) is 0 Å². The third-order valence-electron chi connectivity index (χ3n) is 3.86. The van der Waals surface area contributed by atoms with Gasteiger partial charge in [0, 0.05) is 16.8 Å². The van der Waals surface area contributed by atoms with Crippen LogP contribution in [-0.2, 0) is 12.8 Å².